The largest absolute Gasteiger partial charge is 0.478 e. The van der Waals surface area contributed by atoms with Crippen molar-refractivity contribution in [3.63, 3.8) is 0 Å². The summed E-state index contributed by atoms with van der Waals surface area (Å²) in [4.78, 5) is 8.26. The summed E-state index contributed by atoms with van der Waals surface area (Å²) >= 11 is 0. The number of aromatic nitrogens is 2. The number of nitrogens with one attached hydrogen (secondary N) is 1. The lowest BCUT2D eigenvalue weighted by atomic mass is 10.1. The van der Waals surface area contributed by atoms with E-state index in [1.807, 2.05) is 20.8 Å². The van der Waals surface area contributed by atoms with E-state index in [-0.39, 0.29) is 12.6 Å². The Hall–Kier alpha value is -1.36. The van der Waals surface area contributed by atoms with Crippen molar-refractivity contribution in [3.8, 4) is 5.88 Å². The summed E-state index contributed by atoms with van der Waals surface area (Å²) in [6.07, 6.45) is 1.63. The van der Waals surface area contributed by atoms with Crippen LogP contribution in [-0.2, 0) is 0 Å². The Balaban J connectivity index is 2.68. The molecule has 0 aliphatic rings. The van der Waals surface area contributed by atoms with Gasteiger partial charge in [0, 0.05) is 12.3 Å². The third kappa shape index (κ3) is 3.66. The monoisotopic (exact) mass is 225 g/mol. The molecule has 1 aromatic heterocycles. The fourth-order valence-corrected chi connectivity index (χ4v) is 1.23. The summed E-state index contributed by atoms with van der Waals surface area (Å²) < 4.78 is 5.27. The maximum absolute atomic E-state index is 9.18. The van der Waals surface area contributed by atoms with E-state index in [1.54, 1.807) is 12.3 Å². The fraction of sp³-hybridized carbons (Fsp3) is 0.636. The van der Waals surface area contributed by atoms with Crippen molar-refractivity contribution in [2.45, 2.75) is 26.8 Å². The molecular formula is C11H19N3O2. The van der Waals surface area contributed by atoms with Crippen LogP contribution < -0.4 is 10.1 Å². The van der Waals surface area contributed by atoms with Crippen LogP contribution in [0.3, 0.4) is 0 Å². The fourth-order valence-electron chi connectivity index (χ4n) is 1.23. The van der Waals surface area contributed by atoms with E-state index in [2.05, 4.69) is 15.3 Å². The van der Waals surface area contributed by atoms with Crippen LogP contribution in [0.25, 0.3) is 0 Å². The van der Waals surface area contributed by atoms with Gasteiger partial charge in [0.15, 0.2) is 0 Å². The number of aliphatic hydroxyl groups is 1. The Kier molecular flexibility index (Phi) is 4.98. The van der Waals surface area contributed by atoms with E-state index in [1.165, 1.54) is 0 Å². The van der Waals surface area contributed by atoms with Crippen LogP contribution in [0.4, 0.5) is 5.95 Å². The van der Waals surface area contributed by atoms with Crippen molar-refractivity contribution >= 4 is 5.95 Å². The number of aliphatic hydroxyl groups excluding tert-OH is 1. The first-order valence-electron chi connectivity index (χ1n) is 5.50. The summed E-state index contributed by atoms with van der Waals surface area (Å²) in [6, 6.07) is 1.66. The van der Waals surface area contributed by atoms with Crippen LogP contribution in [0.5, 0.6) is 5.88 Å². The Morgan fingerprint density at radius 2 is 2.25 bits per heavy atom. The average Bonchev–Trinajstić information content (AvgIpc) is 2.26. The lowest BCUT2D eigenvalue weighted by molar-refractivity contribution is 0.248. The number of hydrogen-bond donors (Lipinski definition) is 2. The summed E-state index contributed by atoms with van der Waals surface area (Å²) in [7, 11) is 0. The van der Waals surface area contributed by atoms with E-state index in [0.717, 1.165) is 0 Å². The van der Waals surface area contributed by atoms with Gasteiger partial charge in [-0.1, -0.05) is 13.8 Å². The summed E-state index contributed by atoms with van der Waals surface area (Å²) in [6.45, 7) is 6.59. The molecule has 0 radical (unpaired) electrons. The highest BCUT2D eigenvalue weighted by Crippen LogP contribution is 2.11. The minimum Gasteiger partial charge on any atom is -0.478 e. The van der Waals surface area contributed by atoms with Gasteiger partial charge >= 0.3 is 0 Å². The second-order valence-corrected chi connectivity index (χ2v) is 3.83. The summed E-state index contributed by atoms with van der Waals surface area (Å²) in [5, 5.41) is 12.3. The van der Waals surface area contributed by atoms with Gasteiger partial charge < -0.3 is 15.2 Å². The van der Waals surface area contributed by atoms with Crippen LogP contribution in [0.2, 0.25) is 0 Å². The molecule has 1 rings (SSSR count). The topological polar surface area (TPSA) is 67.3 Å². The smallest absolute Gasteiger partial charge is 0.226 e. The predicted octanol–water partition coefficient (Wildman–Crippen LogP) is 1.30. The molecule has 1 atom stereocenters. The molecule has 2 N–H and O–H groups in total. The molecular weight excluding hydrogens is 206 g/mol. The van der Waals surface area contributed by atoms with E-state index < -0.39 is 0 Å². The van der Waals surface area contributed by atoms with Gasteiger partial charge in [0.1, 0.15) is 0 Å². The highest BCUT2D eigenvalue weighted by molar-refractivity contribution is 5.29. The van der Waals surface area contributed by atoms with E-state index in [9.17, 15) is 5.11 Å². The first kappa shape index (κ1) is 12.7. The van der Waals surface area contributed by atoms with Crippen LogP contribution in [-0.4, -0.2) is 34.3 Å². The van der Waals surface area contributed by atoms with E-state index in [0.29, 0.717) is 24.4 Å². The Morgan fingerprint density at radius 3 is 2.81 bits per heavy atom. The minimum atomic E-state index is -0.0446. The van der Waals surface area contributed by atoms with Crippen molar-refractivity contribution in [2.75, 3.05) is 18.5 Å². The second-order valence-electron chi connectivity index (χ2n) is 3.83. The van der Waals surface area contributed by atoms with Crippen molar-refractivity contribution < 1.29 is 9.84 Å². The van der Waals surface area contributed by atoms with Crippen LogP contribution in [0.1, 0.15) is 20.8 Å². The highest BCUT2D eigenvalue weighted by atomic mass is 16.5. The van der Waals surface area contributed by atoms with E-state index in [4.69, 9.17) is 4.74 Å². The van der Waals surface area contributed by atoms with Crippen LogP contribution in [0, 0.1) is 5.92 Å². The molecule has 1 aromatic rings. The zero-order chi connectivity index (χ0) is 12.0. The molecule has 0 amide bonds. The van der Waals surface area contributed by atoms with Gasteiger partial charge in [0.2, 0.25) is 11.8 Å². The third-order valence-corrected chi connectivity index (χ3v) is 2.24. The standard InChI is InChI=1S/C11H19N3O2/c1-4-16-10-5-6-12-11(14-10)13-9(7-15)8(2)3/h5-6,8-9,15H,4,7H2,1-3H3,(H,12,13,14)/t9-/m1/s1. The average molecular weight is 225 g/mol. The van der Waals surface area contributed by atoms with Gasteiger partial charge in [-0.2, -0.15) is 4.98 Å². The Bertz CT molecular complexity index is 318. The molecule has 1 heterocycles. The van der Waals surface area contributed by atoms with Gasteiger partial charge in [-0.05, 0) is 12.8 Å². The molecule has 16 heavy (non-hydrogen) atoms. The lowest BCUT2D eigenvalue weighted by Gasteiger charge is -2.19. The number of anilines is 1. The van der Waals surface area contributed by atoms with Gasteiger partial charge in [-0.3, -0.25) is 0 Å². The Labute approximate surface area is 95.9 Å². The van der Waals surface area contributed by atoms with E-state index >= 15 is 0 Å². The van der Waals surface area contributed by atoms with Crippen molar-refractivity contribution in [2.24, 2.45) is 5.92 Å². The Morgan fingerprint density at radius 1 is 1.50 bits per heavy atom. The number of hydrogen-bond acceptors (Lipinski definition) is 5. The number of rotatable bonds is 6. The van der Waals surface area contributed by atoms with Crippen molar-refractivity contribution in [1.29, 1.82) is 0 Å². The molecule has 5 heteroatoms. The molecule has 5 nitrogen and oxygen atoms in total. The highest BCUT2D eigenvalue weighted by Gasteiger charge is 2.13. The second kappa shape index (κ2) is 6.27. The first-order chi connectivity index (χ1) is 7.67. The minimum absolute atomic E-state index is 0.0446. The zero-order valence-corrected chi connectivity index (χ0v) is 9.97. The maximum atomic E-state index is 9.18. The van der Waals surface area contributed by atoms with Crippen molar-refractivity contribution in [1.82, 2.24) is 9.97 Å². The van der Waals surface area contributed by atoms with Gasteiger partial charge in [0.05, 0.1) is 19.3 Å². The maximum Gasteiger partial charge on any atom is 0.226 e. The third-order valence-electron chi connectivity index (χ3n) is 2.24. The van der Waals surface area contributed by atoms with Crippen LogP contribution >= 0.6 is 0 Å². The molecule has 0 aliphatic carbocycles. The zero-order valence-electron chi connectivity index (χ0n) is 9.97. The number of nitrogens with zero attached hydrogens (tertiary/aromatic N) is 2. The van der Waals surface area contributed by atoms with Gasteiger partial charge in [-0.25, -0.2) is 4.98 Å². The molecule has 0 bridgehead atoms. The molecule has 90 valence electrons. The molecule has 0 fully saturated rings. The first-order valence-corrected chi connectivity index (χ1v) is 5.50. The van der Waals surface area contributed by atoms with Gasteiger partial charge in [-0.15, -0.1) is 0 Å². The number of ether oxygens (including phenoxy) is 1. The summed E-state index contributed by atoms with van der Waals surface area (Å²) in [5.41, 5.74) is 0. The van der Waals surface area contributed by atoms with Crippen molar-refractivity contribution in [3.05, 3.63) is 12.3 Å². The molecule has 0 saturated heterocycles. The normalized spacial score (nSPS) is 12.6. The molecule has 0 aromatic carbocycles. The SMILES string of the molecule is CCOc1ccnc(N[C@H](CO)C(C)C)n1. The molecule has 0 aliphatic heterocycles. The molecule has 0 spiro atoms. The van der Waals surface area contributed by atoms with Crippen LogP contribution in [0.15, 0.2) is 12.3 Å². The quantitative estimate of drug-likeness (QED) is 0.764. The predicted molar refractivity (Wildman–Crippen MR) is 62.5 cm³/mol. The van der Waals surface area contributed by atoms with Gasteiger partial charge in [0.25, 0.3) is 0 Å². The molecule has 0 unspecified atom stereocenters. The lowest BCUT2D eigenvalue weighted by Crippen LogP contribution is -2.30. The molecule has 0 saturated carbocycles. The summed E-state index contributed by atoms with van der Waals surface area (Å²) in [5.74, 6) is 1.34.